The third-order valence-electron chi connectivity index (χ3n) is 3.23. The molecule has 0 bridgehead atoms. The van der Waals surface area contributed by atoms with Crippen LogP contribution in [0.4, 0.5) is 10.1 Å². The van der Waals surface area contributed by atoms with Gasteiger partial charge < -0.3 is 4.74 Å². The van der Waals surface area contributed by atoms with Gasteiger partial charge in [-0.05, 0) is 66.2 Å². The molecule has 0 aliphatic carbocycles. The molecule has 0 amide bonds. The van der Waals surface area contributed by atoms with E-state index in [4.69, 9.17) is 4.74 Å². The Morgan fingerprint density at radius 1 is 1.00 bits per heavy atom. The van der Waals surface area contributed by atoms with E-state index in [0.717, 1.165) is 26.8 Å². The van der Waals surface area contributed by atoms with Gasteiger partial charge in [0.25, 0.3) is 0 Å². The molecule has 23 heavy (non-hydrogen) atoms. The highest BCUT2D eigenvalue weighted by atomic mass is 32.1. The van der Waals surface area contributed by atoms with E-state index in [-0.39, 0.29) is 5.82 Å². The zero-order valence-electron chi connectivity index (χ0n) is 12.5. The fourth-order valence-electron chi connectivity index (χ4n) is 2.03. The number of ether oxygens (including phenoxy) is 1. The van der Waals surface area contributed by atoms with Crippen molar-refractivity contribution in [2.45, 2.75) is 0 Å². The van der Waals surface area contributed by atoms with E-state index in [9.17, 15) is 4.39 Å². The number of thiophene rings is 1. The van der Waals surface area contributed by atoms with Crippen LogP contribution in [0.25, 0.3) is 10.4 Å². The monoisotopic (exact) mass is 326 g/mol. The van der Waals surface area contributed by atoms with Crippen LogP contribution in [0.3, 0.4) is 0 Å². The summed E-state index contributed by atoms with van der Waals surface area (Å²) in [6.07, 6.45) is 1.75. The molecule has 1 aromatic heterocycles. The van der Waals surface area contributed by atoms with Gasteiger partial charge in [0, 0.05) is 9.75 Å². The molecule has 116 valence electrons. The summed E-state index contributed by atoms with van der Waals surface area (Å²) in [5.74, 6) is 0.581. The van der Waals surface area contributed by atoms with E-state index < -0.39 is 0 Å². The van der Waals surface area contributed by atoms with Crippen LogP contribution >= 0.6 is 11.3 Å². The van der Waals surface area contributed by atoms with Gasteiger partial charge in [0.15, 0.2) is 0 Å². The normalized spacial score (nSPS) is 10.9. The molecule has 0 atom stereocenters. The van der Waals surface area contributed by atoms with Gasteiger partial charge in [-0.2, -0.15) is 5.10 Å². The Morgan fingerprint density at radius 2 is 1.74 bits per heavy atom. The number of benzene rings is 2. The average molecular weight is 326 g/mol. The van der Waals surface area contributed by atoms with Crippen LogP contribution < -0.4 is 10.2 Å². The minimum atomic E-state index is -0.262. The molecule has 0 aliphatic rings. The summed E-state index contributed by atoms with van der Waals surface area (Å²) in [4.78, 5) is 2.20. The van der Waals surface area contributed by atoms with E-state index in [0.29, 0.717) is 0 Å². The van der Waals surface area contributed by atoms with Crippen LogP contribution in [0.2, 0.25) is 0 Å². The molecule has 0 saturated heterocycles. The van der Waals surface area contributed by atoms with Gasteiger partial charge in [0.05, 0.1) is 19.0 Å². The number of hydrazone groups is 1. The van der Waals surface area contributed by atoms with Gasteiger partial charge in [-0.1, -0.05) is 0 Å². The standard InChI is InChI=1S/C18H15FN2OS/c1-22-16-8-2-13(3-9-16)18-11-10-17(23-18)12-20-21-15-6-4-14(19)5-7-15/h2-12,21H,1H3. The molecular formula is C18H15FN2OS. The van der Waals surface area contributed by atoms with Crippen molar-refractivity contribution in [3.63, 3.8) is 0 Å². The summed E-state index contributed by atoms with van der Waals surface area (Å²) in [5.41, 5.74) is 4.76. The Morgan fingerprint density at radius 3 is 2.43 bits per heavy atom. The van der Waals surface area contributed by atoms with Crippen molar-refractivity contribution in [2.24, 2.45) is 5.10 Å². The summed E-state index contributed by atoms with van der Waals surface area (Å²) in [6.45, 7) is 0. The molecule has 3 aromatic rings. The first kappa shape index (κ1) is 15.2. The predicted molar refractivity (Wildman–Crippen MR) is 93.9 cm³/mol. The Bertz CT molecular complexity index is 795. The summed E-state index contributed by atoms with van der Waals surface area (Å²) >= 11 is 1.65. The molecule has 0 aliphatic heterocycles. The minimum absolute atomic E-state index is 0.262. The first-order valence-corrected chi connectivity index (χ1v) is 7.85. The maximum absolute atomic E-state index is 12.8. The lowest BCUT2D eigenvalue weighted by atomic mass is 10.2. The number of nitrogens with zero attached hydrogens (tertiary/aromatic N) is 1. The van der Waals surface area contributed by atoms with Crippen molar-refractivity contribution >= 4 is 23.2 Å². The van der Waals surface area contributed by atoms with Crippen LogP contribution in [-0.2, 0) is 0 Å². The van der Waals surface area contributed by atoms with E-state index in [1.807, 2.05) is 30.3 Å². The average Bonchev–Trinajstić information content (AvgIpc) is 3.06. The Hall–Kier alpha value is -2.66. The van der Waals surface area contributed by atoms with Gasteiger partial charge in [-0.3, -0.25) is 5.43 Å². The molecule has 0 fully saturated rings. The van der Waals surface area contributed by atoms with Gasteiger partial charge in [-0.25, -0.2) is 4.39 Å². The van der Waals surface area contributed by atoms with Crippen LogP contribution in [-0.4, -0.2) is 13.3 Å². The largest absolute Gasteiger partial charge is 0.497 e. The predicted octanol–water partition coefficient (Wildman–Crippen LogP) is 5.01. The molecule has 0 radical (unpaired) electrons. The van der Waals surface area contributed by atoms with Gasteiger partial charge in [0.2, 0.25) is 0 Å². The van der Waals surface area contributed by atoms with E-state index >= 15 is 0 Å². The van der Waals surface area contributed by atoms with Gasteiger partial charge in [-0.15, -0.1) is 11.3 Å². The summed E-state index contributed by atoms with van der Waals surface area (Å²) < 4.78 is 18.0. The Kier molecular flexibility index (Phi) is 4.68. The molecule has 3 rings (SSSR count). The molecule has 0 spiro atoms. The number of hydrogen-bond acceptors (Lipinski definition) is 4. The van der Waals surface area contributed by atoms with Crippen molar-refractivity contribution in [3.05, 3.63) is 71.4 Å². The maximum atomic E-state index is 12.8. The van der Waals surface area contributed by atoms with Gasteiger partial charge >= 0.3 is 0 Å². The quantitative estimate of drug-likeness (QED) is 0.528. The number of anilines is 1. The van der Waals surface area contributed by atoms with Crippen molar-refractivity contribution < 1.29 is 9.13 Å². The second-order valence-corrected chi connectivity index (χ2v) is 5.92. The highest BCUT2D eigenvalue weighted by molar-refractivity contribution is 7.17. The second kappa shape index (κ2) is 7.07. The van der Waals surface area contributed by atoms with Crippen LogP contribution in [0.15, 0.2) is 65.8 Å². The number of hydrogen-bond donors (Lipinski definition) is 1. The van der Waals surface area contributed by atoms with Crippen molar-refractivity contribution in [1.82, 2.24) is 0 Å². The molecular weight excluding hydrogens is 311 g/mol. The fraction of sp³-hybridized carbons (Fsp3) is 0.0556. The third-order valence-corrected chi connectivity index (χ3v) is 4.30. The zero-order chi connectivity index (χ0) is 16.1. The number of rotatable bonds is 5. The van der Waals surface area contributed by atoms with Gasteiger partial charge in [0.1, 0.15) is 11.6 Å². The SMILES string of the molecule is COc1ccc(-c2ccc(C=NNc3ccc(F)cc3)s2)cc1. The highest BCUT2D eigenvalue weighted by Gasteiger charge is 2.02. The lowest BCUT2D eigenvalue weighted by molar-refractivity contribution is 0.415. The first-order valence-electron chi connectivity index (χ1n) is 7.03. The van der Waals surface area contributed by atoms with Crippen molar-refractivity contribution in [3.8, 4) is 16.2 Å². The molecule has 2 aromatic carbocycles. The smallest absolute Gasteiger partial charge is 0.123 e. The summed E-state index contributed by atoms with van der Waals surface area (Å²) in [6, 6.07) is 18.1. The fourth-order valence-corrected chi connectivity index (χ4v) is 2.91. The first-order chi connectivity index (χ1) is 11.2. The van der Waals surface area contributed by atoms with Crippen molar-refractivity contribution in [1.29, 1.82) is 0 Å². The number of methoxy groups -OCH3 is 1. The van der Waals surface area contributed by atoms with E-state index in [2.05, 4.69) is 16.6 Å². The van der Waals surface area contributed by atoms with Crippen molar-refractivity contribution in [2.75, 3.05) is 12.5 Å². The minimum Gasteiger partial charge on any atom is -0.497 e. The number of halogens is 1. The van der Waals surface area contributed by atoms with Crippen LogP contribution in [0.5, 0.6) is 5.75 Å². The van der Waals surface area contributed by atoms with E-state index in [1.54, 1.807) is 36.8 Å². The summed E-state index contributed by atoms with van der Waals surface area (Å²) in [5, 5.41) is 4.17. The molecule has 0 saturated carbocycles. The van der Waals surface area contributed by atoms with Crippen LogP contribution in [0.1, 0.15) is 4.88 Å². The second-order valence-electron chi connectivity index (χ2n) is 4.81. The maximum Gasteiger partial charge on any atom is 0.123 e. The Balaban J connectivity index is 1.66. The lowest BCUT2D eigenvalue weighted by Crippen LogP contribution is -1.89. The highest BCUT2D eigenvalue weighted by Crippen LogP contribution is 2.28. The topological polar surface area (TPSA) is 33.6 Å². The summed E-state index contributed by atoms with van der Waals surface area (Å²) in [7, 11) is 1.66. The molecule has 1 heterocycles. The third kappa shape index (κ3) is 3.96. The Labute approximate surface area is 138 Å². The zero-order valence-corrected chi connectivity index (χ0v) is 13.3. The molecule has 0 unspecified atom stereocenters. The number of nitrogens with one attached hydrogen (secondary N) is 1. The molecule has 5 heteroatoms. The van der Waals surface area contributed by atoms with E-state index in [1.165, 1.54) is 12.1 Å². The lowest BCUT2D eigenvalue weighted by Gasteiger charge is -2.00. The molecule has 1 N–H and O–H groups in total. The molecule has 3 nitrogen and oxygen atoms in total. The van der Waals surface area contributed by atoms with Crippen LogP contribution in [0, 0.1) is 5.82 Å².